The van der Waals surface area contributed by atoms with Crippen molar-refractivity contribution in [3.63, 3.8) is 0 Å². The number of carboxylic acid groups (broad SMARTS) is 1. The van der Waals surface area contributed by atoms with E-state index in [1.54, 1.807) is 19.2 Å². The lowest BCUT2D eigenvalue weighted by atomic mass is 10.1. The zero-order valence-electron chi connectivity index (χ0n) is 8.73. The van der Waals surface area contributed by atoms with Crippen LogP contribution in [0.2, 0.25) is 0 Å². The lowest BCUT2D eigenvalue weighted by Gasteiger charge is -2.22. The molecule has 0 aliphatic heterocycles. The van der Waals surface area contributed by atoms with E-state index < -0.39 is 10.7 Å². The van der Waals surface area contributed by atoms with Crippen LogP contribution in [0.5, 0.6) is 0 Å². The van der Waals surface area contributed by atoms with Crippen molar-refractivity contribution in [2.45, 2.75) is 29.9 Å². The van der Waals surface area contributed by atoms with Gasteiger partial charge in [-0.15, -0.1) is 11.8 Å². The number of thioether (sulfide) groups is 1. The second-order valence-electron chi connectivity index (χ2n) is 3.41. The van der Waals surface area contributed by atoms with Crippen LogP contribution < -0.4 is 5.73 Å². The first kappa shape index (κ1) is 11.8. The Morgan fingerprint density at radius 1 is 1.73 bits per heavy atom. The van der Waals surface area contributed by atoms with Crippen LogP contribution >= 0.6 is 11.8 Å². The molecule has 0 aliphatic rings. The number of carbonyl (C=O) groups is 1. The van der Waals surface area contributed by atoms with Gasteiger partial charge < -0.3 is 10.8 Å². The van der Waals surface area contributed by atoms with Gasteiger partial charge in [0.1, 0.15) is 4.75 Å². The maximum atomic E-state index is 11.1. The van der Waals surface area contributed by atoms with E-state index in [-0.39, 0.29) is 0 Å². The van der Waals surface area contributed by atoms with Crippen molar-refractivity contribution in [3.05, 3.63) is 18.5 Å². The minimum Gasteiger partial charge on any atom is -0.480 e. The van der Waals surface area contributed by atoms with Gasteiger partial charge in [0.2, 0.25) is 0 Å². The fraction of sp³-hybridized carbons (Fsp3) is 0.400. The molecule has 1 unspecified atom stereocenters. The van der Waals surface area contributed by atoms with Crippen molar-refractivity contribution in [1.29, 1.82) is 0 Å². The molecule has 0 aromatic carbocycles. The fourth-order valence-electron chi connectivity index (χ4n) is 0.997. The summed E-state index contributed by atoms with van der Waals surface area (Å²) in [6.45, 7) is 3.54. The van der Waals surface area contributed by atoms with Crippen LogP contribution in [0.15, 0.2) is 23.4 Å². The highest BCUT2D eigenvalue weighted by molar-refractivity contribution is 8.01. The molecule has 5 heteroatoms. The van der Waals surface area contributed by atoms with E-state index in [2.05, 4.69) is 4.98 Å². The lowest BCUT2D eigenvalue weighted by molar-refractivity contribution is -0.139. The normalized spacial score (nSPS) is 14.5. The number of nitrogens with two attached hydrogens (primary N) is 1. The number of aromatic nitrogens is 1. The van der Waals surface area contributed by atoms with Gasteiger partial charge in [0.05, 0.1) is 11.9 Å². The topological polar surface area (TPSA) is 76.2 Å². The molecule has 1 atom stereocenters. The quantitative estimate of drug-likeness (QED) is 0.768. The molecule has 0 bridgehead atoms. The first-order valence-electron chi connectivity index (χ1n) is 4.61. The molecule has 1 aromatic rings. The minimum absolute atomic E-state index is 0.517. The summed E-state index contributed by atoms with van der Waals surface area (Å²) in [5.41, 5.74) is 6.22. The molecule has 0 saturated heterocycles. The third kappa shape index (κ3) is 2.62. The van der Waals surface area contributed by atoms with Crippen molar-refractivity contribution < 1.29 is 9.90 Å². The standard InChI is InChI=1S/C10H14N2O2S/c1-3-10(2,9(13)14)15-8-4-5-12-6-7(8)11/h4-6H,3,11H2,1-2H3,(H,13,14). The summed E-state index contributed by atoms with van der Waals surface area (Å²) >= 11 is 1.26. The monoisotopic (exact) mass is 226 g/mol. The predicted molar refractivity (Wildman–Crippen MR) is 60.8 cm³/mol. The number of hydrogen-bond donors (Lipinski definition) is 2. The molecule has 0 fully saturated rings. The number of anilines is 1. The molecule has 1 rings (SSSR count). The van der Waals surface area contributed by atoms with Crippen LogP contribution in [-0.4, -0.2) is 20.8 Å². The Labute approximate surface area is 92.9 Å². The molecule has 1 heterocycles. The molecule has 4 nitrogen and oxygen atoms in total. The Bertz CT molecular complexity index is 370. The average molecular weight is 226 g/mol. The van der Waals surface area contributed by atoms with Crippen molar-refractivity contribution in [1.82, 2.24) is 4.98 Å². The number of carboxylic acids is 1. The SMILES string of the molecule is CCC(C)(Sc1ccncc1N)C(=O)O. The van der Waals surface area contributed by atoms with Crippen molar-refractivity contribution >= 4 is 23.4 Å². The van der Waals surface area contributed by atoms with Crippen LogP contribution in [0, 0.1) is 0 Å². The van der Waals surface area contributed by atoms with Crippen molar-refractivity contribution in [2.24, 2.45) is 0 Å². The Kier molecular flexibility index (Phi) is 3.57. The Hall–Kier alpha value is -1.23. The van der Waals surface area contributed by atoms with Crippen molar-refractivity contribution in [2.75, 3.05) is 5.73 Å². The highest BCUT2D eigenvalue weighted by Crippen LogP contribution is 2.37. The summed E-state index contributed by atoms with van der Waals surface area (Å²) in [7, 11) is 0. The highest BCUT2D eigenvalue weighted by atomic mass is 32.2. The first-order chi connectivity index (χ1) is 6.99. The number of pyridine rings is 1. The molecule has 0 spiro atoms. The van der Waals surface area contributed by atoms with Gasteiger partial charge in [0.25, 0.3) is 0 Å². The third-order valence-electron chi connectivity index (χ3n) is 2.27. The largest absolute Gasteiger partial charge is 0.480 e. The summed E-state index contributed by atoms with van der Waals surface area (Å²) in [5.74, 6) is -0.828. The van der Waals surface area contributed by atoms with E-state index in [0.717, 1.165) is 4.90 Å². The molecule has 82 valence electrons. The van der Waals surface area contributed by atoms with Crippen LogP contribution in [0.3, 0.4) is 0 Å². The Balaban J connectivity index is 2.94. The van der Waals surface area contributed by atoms with Gasteiger partial charge in [-0.1, -0.05) is 6.92 Å². The summed E-state index contributed by atoms with van der Waals surface area (Å²) in [5, 5.41) is 9.11. The van der Waals surface area contributed by atoms with E-state index in [9.17, 15) is 4.79 Å². The zero-order valence-corrected chi connectivity index (χ0v) is 9.54. The Morgan fingerprint density at radius 3 is 2.87 bits per heavy atom. The van der Waals surface area contributed by atoms with E-state index in [1.165, 1.54) is 18.0 Å². The van der Waals surface area contributed by atoms with Gasteiger partial charge >= 0.3 is 5.97 Å². The number of rotatable bonds is 4. The number of nitrogens with zero attached hydrogens (tertiary/aromatic N) is 1. The Morgan fingerprint density at radius 2 is 2.40 bits per heavy atom. The molecule has 15 heavy (non-hydrogen) atoms. The van der Waals surface area contributed by atoms with Gasteiger partial charge in [0, 0.05) is 11.1 Å². The van der Waals surface area contributed by atoms with Gasteiger partial charge in [-0.05, 0) is 19.4 Å². The van der Waals surface area contributed by atoms with Crippen LogP contribution in [0.4, 0.5) is 5.69 Å². The summed E-state index contributed by atoms with van der Waals surface area (Å²) in [4.78, 5) is 15.7. The van der Waals surface area contributed by atoms with E-state index in [4.69, 9.17) is 10.8 Å². The lowest BCUT2D eigenvalue weighted by Crippen LogP contribution is -2.30. The third-order valence-corrected chi connectivity index (χ3v) is 3.78. The van der Waals surface area contributed by atoms with E-state index in [1.807, 2.05) is 6.92 Å². The average Bonchev–Trinajstić information content (AvgIpc) is 2.21. The van der Waals surface area contributed by atoms with Crippen LogP contribution in [0.25, 0.3) is 0 Å². The second-order valence-corrected chi connectivity index (χ2v) is 4.95. The summed E-state index contributed by atoms with van der Waals surface area (Å²) < 4.78 is -0.838. The number of nitrogen functional groups attached to an aromatic ring is 1. The fourth-order valence-corrected chi connectivity index (χ4v) is 2.01. The summed E-state index contributed by atoms with van der Waals surface area (Å²) in [6.07, 6.45) is 3.67. The first-order valence-corrected chi connectivity index (χ1v) is 5.43. The van der Waals surface area contributed by atoms with Crippen molar-refractivity contribution in [3.8, 4) is 0 Å². The summed E-state index contributed by atoms with van der Waals surface area (Å²) in [6, 6.07) is 1.73. The molecule has 0 aliphatic carbocycles. The molecule has 0 saturated carbocycles. The van der Waals surface area contributed by atoms with Gasteiger partial charge in [-0.25, -0.2) is 0 Å². The number of aliphatic carboxylic acids is 1. The maximum Gasteiger partial charge on any atom is 0.319 e. The second kappa shape index (κ2) is 4.53. The molecular weight excluding hydrogens is 212 g/mol. The maximum absolute atomic E-state index is 11.1. The zero-order chi connectivity index (χ0) is 11.5. The molecule has 0 amide bonds. The molecule has 3 N–H and O–H groups in total. The van der Waals surface area contributed by atoms with Crippen LogP contribution in [0.1, 0.15) is 20.3 Å². The van der Waals surface area contributed by atoms with Gasteiger partial charge in [-0.2, -0.15) is 0 Å². The predicted octanol–water partition coefficient (Wildman–Crippen LogP) is 2.01. The van der Waals surface area contributed by atoms with Gasteiger partial charge in [-0.3, -0.25) is 9.78 Å². The van der Waals surface area contributed by atoms with Gasteiger partial charge in [0.15, 0.2) is 0 Å². The highest BCUT2D eigenvalue weighted by Gasteiger charge is 2.32. The molecule has 0 radical (unpaired) electrons. The minimum atomic E-state index is -0.838. The van der Waals surface area contributed by atoms with Crippen LogP contribution in [-0.2, 0) is 4.79 Å². The smallest absolute Gasteiger partial charge is 0.319 e. The number of hydrogen-bond acceptors (Lipinski definition) is 4. The molecule has 1 aromatic heterocycles. The molecular formula is C10H14N2O2S. The van der Waals surface area contributed by atoms with E-state index >= 15 is 0 Å². The van der Waals surface area contributed by atoms with E-state index in [0.29, 0.717) is 12.1 Å².